The standard InChI is InChI=1S/C31H35N5O5/c1-31(2,3)27-16-28(35-41-27)34-30(39)32-19-7-10-25-18(13-19)14-26(40-25)29(38)23-15-20-21(17-36-11-5-4-6-12-36)24(37)9-8-22(20)33-23/h8-9,13-16,33,37H,4-7,10-12,17H2,1-3H3,(H2,32,34,35,39). The number of carbonyl (C=O) groups is 2. The van der Waals surface area contributed by atoms with Crippen molar-refractivity contribution in [1.29, 1.82) is 0 Å². The number of hydrogen-bond acceptors (Lipinski definition) is 7. The van der Waals surface area contributed by atoms with E-state index in [1.807, 2.05) is 26.8 Å². The van der Waals surface area contributed by atoms with Gasteiger partial charge in [0.25, 0.3) is 0 Å². The van der Waals surface area contributed by atoms with E-state index in [-0.39, 0.29) is 22.7 Å². The number of aromatic amines is 1. The van der Waals surface area contributed by atoms with Gasteiger partial charge in [-0.15, -0.1) is 0 Å². The number of carbonyl (C=O) groups excluding carboxylic acids is 2. The number of nitrogens with one attached hydrogen (secondary N) is 3. The van der Waals surface area contributed by atoms with Crippen molar-refractivity contribution in [2.45, 2.75) is 64.8 Å². The number of urea groups is 1. The average molecular weight is 558 g/mol. The van der Waals surface area contributed by atoms with Gasteiger partial charge in [0.15, 0.2) is 11.6 Å². The molecule has 4 heterocycles. The van der Waals surface area contributed by atoms with Crippen molar-refractivity contribution < 1.29 is 23.6 Å². The number of nitrogens with zero attached hydrogens (tertiary/aromatic N) is 2. The third kappa shape index (κ3) is 5.65. The minimum atomic E-state index is -0.421. The van der Waals surface area contributed by atoms with E-state index in [1.54, 1.807) is 30.3 Å². The number of allylic oxidation sites excluding steroid dienone is 1. The second-order valence-corrected chi connectivity index (χ2v) is 11.9. The number of phenolic OH excluding ortho intramolecular Hbond substituents is 1. The van der Waals surface area contributed by atoms with Crippen LogP contribution < -0.4 is 10.6 Å². The number of piperidine rings is 1. The van der Waals surface area contributed by atoms with Gasteiger partial charge >= 0.3 is 6.03 Å². The van der Waals surface area contributed by atoms with Gasteiger partial charge in [0.1, 0.15) is 17.3 Å². The summed E-state index contributed by atoms with van der Waals surface area (Å²) in [4.78, 5) is 31.6. The first-order chi connectivity index (χ1) is 19.6. The van der Waals surface area contributed by atoms with E-state index in [0.29, 0.717) is 48.1 Å². The van der Waals surface area contributed by atoms with Crippen LogP contribution in [0.4, 0.5) is 10.6 Å². The Labute approximate surface area is 237 Å². The molecule has 3 aromatic heterocycles. The van der Waals surface area contributed by atoms with E-state index in [1.165, 1.54) is 6.42 Å². The van der Waals surface area contributed by atoms with Crippen molar-refractivity contribution in [2.75, 3.05) is 18.4 Å². The number of benzene rings is 1. The Hall–Kier alpha value is -4.31. The summed E-state index contributed by atoms with van der Waals surface area (Å²) >= 11 is 0. The maximum Gasteiger partial charge on any atom is 0.324 e. The van der Waals surface area contributed by atoms with Crippen LogP contribution in [0, 0.1) is 0 Å². The molecule has 214 valence electrons. The lowest BCUT2D eigenvalue weighted by Gasteiger charge is -2.26. The Morgan fingerprint density at radius 2 is 1.88 bits per heavy atom. The molecule has 0 radical (unpaired) electrons. The zero-order valence-electron chi connectivity index (χ0n) is 23.6. The number of phenols is 1. The fraction of sp³-hybridized carbons (Fsp3) is 0.387. The Morgan fingerprint density at radius 1 is 1.07 bits per heavy atom. The second-order valence-electron chi connectivity index (χ2n) is 11.9. The second kappa shape index (κ2) is 10.6. The summed E-state index contributed by atoms with van der Waals surface area (Å²) in [6.45, 7) is 8.67. The van der Waals surface area contributed by atoms with Crippen LogP contribution in [0.3, 0.4) is 0 Å². The predicted molar refractivity (Wildman–Crippen MR) is 155 cm³/mol. The molecule has 6 rings (SSSR count). The molecule has 2 aliphatic rings. The molecular formula is C31H35N5O5. The summed E-state index contributed by atoms with van der Waals surface area (Å²) in [5, 5.41) is 20.9. The number of amides is 2. The first-order valence-electron chi connectivity index (χ1n) is 14.1. The highest BCUT2D eigenvalue weighted by Gasteiger charge is 2.24. The highest BCUT2D eigenvalue weighted by molar-refractivity contribution is 6.09. The normalized spacial score (nSPS) is 15.9. The van der Waals surface area contributed by atoms with E-state index in [2.05, 4.69) is 25.7 Å². The van der Waals surface area contributed by atoms with Crippen molar-refractivity contribution in [3.63, 3.8) is 0 Å². The fourth-order valence-corrected chi connectivity index (χ4v) is 5.47. The number of aromatic hydroxyl groups is 1. The number of anilines is 1. The summed E-state index contributed by atoms with van der Waals surface area (Å²) in [5.74, 6) is 1.91. The molecule has 0 atom stereocenters. The molecule has 2 amide bonds. The van der Waals surface area contributed by atoms with Gasteiger partial charge in [-0.05, 0) is 62.7 Å². The minimum absolute atomic E-state index is 0.216. The lowest BCUT2D eigenvalue weighted by molar-refractivity contribution is 0.100. The van der Waals surface area contributed by atoms with Crippen molar-refractivity contribution in [2.24, 2.45) is 0 Å². The quantitative estimate of drug-likeness (QED) is 0.211. The first-order valence-corrected chi connectivity index (χ1v) is 14.1. The highest BCUT2D eigenvalue weighted by atomic mass is 16.5. The molecule has 1 aliphatic heterocycles. The number of hydrogen-bond donors (Lipinski definition) is 4. The number of H-pyrrole nitrogens is 1. The maximum absolute atomic E-state index is 13.4. The molecule has 1 aromatic carbocycles. The third-order valence-corrected chi connectivity index (χ3v) is 7.75. The molecule has 10 heteroatoms. The number of fused-ring (bicyclic) bond motifs is 2. The van der Waals surface area contributed by atoms with Crippen LogP contribution >= 0.6 is 0 Å². The van der Waals surface area contributed by atoms with Gasteiger partial charge in [-0.2, -0.15) is 0 Å². The van der Waals surface area contributed by atoms with Crippen LogP contribution in [-0.4, -0.2) is 45.1 Å². The van der Waals surface area contributed by atoms with Gasteiger partial charge in [0.2, 0.25) is 5.78 Å². The lowest BCUT2D eigenvalue weighted by atomic mass is 9.93. The van der Waals surface area contributed by atoms with Crippen LogP contribution in [0.25, 0.3) is 17.0 Å². The van der Waals surface area contributed by atoms with Gasteiger partial charge in [-0.3, -0.25) is 15.0 Å². The van der Waals surface area contributed by atoms with Crippen LogP contribution in [0.5, 0.6) is 5.75 Å². The van der Waals surface area contributed by atoms with E-state index in [4.69, 9.17) is 8.94 Å². The van der Waals surface area contributed by atoms with E-state index >= 15 is 0 Å². The fourth-order valence-electron chi connectivity index (χ4n) is 5.47. The molecule has 4 N–H and O–H groups in total. The Bertz CT molecular complexity index is 1640. The smallest absolute Gasteiger partial charge is 0.324 e. The van der Waals surface area contributed by atoms with Crippen molar-refractivity contribution in [3.8, 4) is 5.75 Å². The van der Waals surface area contributed by atoms with E-state index in [0.717, 1.165) is 48.0 Å². The monoisotopic (exact) mass is 557 g/mol. The van der Waals surface area contributed by atoms with Crippen molar-refractivity contribution in [3.05, 3.63) is 70.1 Å². The van der Waals surface area contributed by atoms with Crippen molar-refractivity contribution in [1.82, 2.24) is 20.4 Å². The van der Waals surface area contributed by atoms with Gasteiger partial charge in [-0.25, -0.2) is 4.79 Å². The number of furan rings is 1. The molecule has 1 saturated heterocycles. The van der Waals surface area contributed by atoms with Crippen LogP contribution in [0.15, 0.2) is 45.0 Å². The topological polar surface area (TPSA) is 137 Å². The molecule has 0 bridgehead atoms. The van der Waals surface area contributed by atoms with Crippen LogP contribution in [0.1, 0.15) is 85.4 Å². The maximum atomic E-state index is 13.4. The number of aryl methyl sites for hydroxylation is 1. The van der Waals surface area contributed by atoms with E-state index in [9.17, 15) is 14.7 Å². The zero-order chi connectivity index (χ0) is 28.7. The van der Waals surface area contributed by atoms with Gasteiger partial charge in [0, 0.05) is 52.2 Å². The molecule has 0 spiro atoms. The number of aromatic nitrogens is 2. The summed E-state index contributed by atoms with van der Waals surface area (Å²) in [6, 6.07) is 8.28. The van der Waals surface area contributed by atoms with Gasteiger partial charge in [0.05, 0.1) is 5.69 Å². The molecule has 4 aromatic rings. The van der Waals surface area contributed by atoms with Gasteiger partial charge in [-0.1, -0.05) is 32.3 Å². The predicted octanol–water partition coefficient (Wildman–Crippen LogP) is 6.08. The number of likely N-dealkylation sites (tertiary alicyclic amines) is 1. The number of rotatable bonds is 6. The molecule has 0 unspecified atom stereocenters. The van der Waals surface area contributed by atoms with Gasteiger partial charge < -0.3 is 24.3 Å². The lowest BCUT2D eigenvalue weighted by Crippen LogP contribution is -2.29. The Morgan fingerprint density at radius 3 is 2.63 bits per heavy atom. The largest absolute Gasteiger partial charge is 0.508 e. The SMILES string of the molecule is CC(C)(C)c1cc(NC(=O)NC2=Cc3cc(C(=O)c4cc5c(CN6CCCCC6)c(O)ccc5[nH]4)oc3CC2)no1. The molecular weight excluding hydrogens is 522 g/mol. The van der Waals surface area contributed by atoms with Crippen molar-refractivity contribution >= 4 is 34.6 Å². The summed E-state index contributed by atoms with van der Waals surface area (Å²) < 4.78 is 11.3. The molecule has 10 nitrogen and oxygen atoms in total. The molecule has 1 aliphatic carbocycles. The first kappa shape index (κ1) is 26.9. The summed E-state index contributed by atoms with van der Waals surface area (Å²) in [6.07, 6.45) is 6.48. The Balaban J connectivity index is 1.16. The minimum Gasteiger partial charge on any atom is -0.508 e. The highest BCUT2D eigenvalue weighted by Crippen LogP contribution is 2.32. The Kier molecular flexibility index (Phi) is 6.94. The molecule has 41 heavy (non-hydrogen) atoms. The van der Waals surface area contributed by atoms with Crippen LogP contribution in [0.2, 0.25) is 0 Å². The van der Waals surface area contributed by atoms with E-state index < -0.39 is 6.03 Å². The summed E-state index contributed by atoms with van der Waals surface area (Å²) in [7, 11) is 0. The average Bonchev–Trinajstić information content (AvgIpc) is 3.68. The molecule has 0 saturated carbocycles. The third-order valence-electron chi connectivity index (χ3n) is 7.75. The van der Waals surface area contributed by atoms with Crippen LogP contribution in [-0.2, 0) is 18.4 Å². The summed E-state index contributed by atoms with van der Waals surface area (Å²) in [5.41, 5.74) is 3.28. The molecule has 1 fully saturated rings. The zero-order valence-corrected chi connectivity index (χ0v) is 23.6. The number of ketones is 1.